The molecule has 1 fully saturated rings. The summed E-state index contributed by atoms with van der Waals surface area (Å²) in [6, 6.07) is 5.68. The van der Waals surface area contributed by atoms with Gasteiger partial charge in [-0.05, 0) is 74.6 Å². The lowest BCUT2D eigenvalue weighted by Gasteiger charge is -2.34. The van der Waals surface area contributed by atoms with Crippen molar-refractivity contribution < 1.29 is 9.53 Å². The van der Waals surface area contributed by atoms with Crippen molar-refractivity contribution in [1.82, 2.24) is 15.3 Å². The molecule has 1 saturated carbocycles. The van der Waals surface area contributed by atoms with Crippen LogP contribution < -0.4 is 15.8 Å². The molecule has 3 rings (SSSR count). The van der Waals surface area contributed by atoms with Gasteiger partial charge in [-0.2, -0.15) is 0 Å². The van der Waals surface area contributed by atoms with E-state index in [4.69, 9.17) is 10.5 Å². The zero-order chi connectivity index (χ0) is 20.1. The highest BCUT2D eigenvalue weighted by atomic mass is 16.5. The van der Waals surface area contributed by atoms with Crippen molar-refractivity contribution in [2.24, 2.45) is 5.92 Å². The van der Waals surface area contributed by atoms with Crippen molar-refractivity contribution >= 4 is 11.7 Å². The minimum atomic E-state index is -0.0730. The predicted octanol–water partition coefficient (Wildman–Crippen LogP) is 3.86. The van der Waals surface area contributed by atoms with Crippen molar-refractivity contribution in [1.29, 1.82) is 0 Å². The zero-order valence-corrected chi connectivity index (χ0v) is 16.9. The van der Waals surface area contributed by atoms with Crippen LogP contribution in [0.1, 0.15) is 66.4 Å². The number of ether oxygens (including phenoxy) is 1. The standard InChI is InChI=1S/C22H30N4O2/c1-4-19(26-21(27)17-9-10-20(23)25-13-17)16-7-5-15(6-8-16)18-11-12-24-22(28-3)14(18)2/h9-13,15-16,19H,4-8H2,1-3H3,(H2,23,25)(H,26,27)/t15-,16+,19?. The number of nitrogens with zero attached hydrogens (tertiary/aromatic N) is 2. The maximum Gasteiger partial charge on any atom is 0.253 e. The molecule has 1 amide bonds. The van der Waals surface area contributed by atoms with Crippen LogP contribution in [0, 0.1) is 12.8 Å². The molecule has 0 radical (unpaired) electrons. The van der Waals surface area contributed by atoms with Crippen LogP contribution in [0.4, 0.5) is 5.82 Å². The van der Waals surface area contributed by atoms with Crippen molar-refractivity contribution in [2.75, 3.05) is 12.8 Å². The van der Waals surface area contributed by atoms with Crippen molar-refractivity contribution in [2.45, 2.75) is 57.9 Å². The SMILES string of the molecule is CCC(NC(=O)c1ccc(N)nc1)[C@H]1CC[C@@H](c2ccnc(OC)c2C)CC1. The number of amides is 1. The molecule has 1 unspecified atom stereocenters. The van der Waals surface area contributed by atoms with Gasteiger partial charge in [0.1, 0.15) is 5.82 Å². The van der Waals surface area contributed by atoms with E-state index in [0.717, 1.165) is 43.5 Å². The van der Waals surface area contributed by atoms with E-state index in [1.807, 2.05) is 6.20 Å². The number of carbonyl (C=O) groups is 1. The van der Waals surface area contributed by atoms with E-state index in [0.29, 0.717) is 23.2 Å². The number of methoxy groups -OCH3 is 1. The van der Waals surface area contributed by atoms with Gasteiger partial charge in [0.25, 0.3) is 5.91 Å². The predicted molar refractivity (Wildman–Crippen MR) is 110 cm³/mol. The fraction of sp³-hybridized carbons (Fsp3) is 0.500. The highest BCUT2D eigenvalue weighted by Crippen LogP contribution is 2.39. The van der Waals surface area contributed by atoms with Gasteiger partial charge in [-0.15, -0.1) is 0 Å². The summed E-state index contributed by atoms with van der Waals surface area (Å²) in [6.45, 7) is 4.22. The minimum Gasteiger partial charge on any atom is -0.481 e. The molecular weight excluding hydrogens is 352 g/mol. The number of hydrogen-bond acceptors (Lipinski definition) is 5. The second-order valence-corrected chi connectivity index (χ2v) is 7.61. The Bertz CT molecular complexity index is 799. The fourth-order valence-electron chi connectivity index (χ4n) is 4.36. The topological polar surface area (TPSA) is 90.1 Å². The third kappa shape index (κ3) is 4.43. The number of nitrogens with two attached hydrogens (primary N) is 1. The molecule has 0 saturated heterocycles. The van der Waals surface area contributed by atoms with Crippen LogP contribution in [0.5, 0.6) is 5.88 Å². The second kappa shape index (κ2) is 9.04. The Balaban J connectivity index is 1.61. The normalized spacial score (nSPS) is 20.4. The molecule has 2 aromatic rings. The van der Waals surface area contributed by atoms with Gasteiger partial charge in [-0.25, -0.2) is 9.97 Å². The molecule has 1 aliphatic rings. The molecule has 0 aromatic carbocycles. The van der Waals surface area contributed by atoms with Gasteiger partial charge in [0, 0.05) is 24.0 Å². The molecule has 150 valence electrons. The summed E-state index contributed by atoms with van der Waals surface area (Å²) < 4.78 is 5.37. The summed E-state index contributed by atoms with van der Waals surface area (Å²) in [5, 5.41) is 3.21. The highest BCUT2D eigenvalue weighted by Gasteiger charge is 2.29. The third-order valence-electron chi connectivity index (χ3n) is 5.98. The lowest BCUT2D eigenvalue weighted by molar-refractivity contribution is 0.0909. The van der Waals surface area contributed by atoms with E-state index < -0.39 is 0 Å². The average molecular weight is 383 g/mol. The summed E-state index contributed by atoms with van der Waals surface area (Å²) in [5.41, 5.74) is 8.65. The molecule has 0 bridgehead atoms. The molecule has 1 aliphatic carbocycles. The number of aromatic nitrogens is 2. The van der Waals surface area contributed by atoms with E-state index in [9.17, 15) is 4.79 Å². The summed E-state index contributed by atoms with van der Waals surface area (Å²) >= 11 is 0. The lowest BCUT2D eigenvalue weighted by atomic mass is 9.75. The number of nitrogen functional groups attached to an aromatic ring is 1. The quantitative estimate of drug-likeness (QED) is 0.792. The van der Waals surface area contributed by atoms with E-state index in [1.165, 1.54) is 11.8 Å². The van der Waals surface area contributed by atoms with Gasteiger partial charge in [0.2, 0.25) is 5.88 Å². The van der Waals surface area contributed by atoms with Gasteiger partial charge >= 0.3 is 0 Å². The lowest BCUT2D eigenvalue weighted by Crippen LogP contribution is -2.41. The smallest absolute Gasteiger partial charge is 0.253 e. The third-order valence-corrected chi connectivity index (χ3v) is 5.98. The number of nitrogens with one attached hydrogen (secondary N) is 1. The van der Waals surface area contributed by atoms with E-state index in [1.54, 1.807) is 19.2 Å². The van der Waals surface area contributed by atoms with Crippen LogP contribution in [0.25, 0.3) is 0 Å². The van der Waals surface area contributed by atoms with E-state index >= 15 is 0 Å². The Morgan fingerprint density at radius 2 is 2.00 bits per heavy atom. The Kier molecular flexibility index (Phi) is 6.49. The number of hydrogen-bond donors (Lipinski definition) is 2. The first-order valence-corrected chi connectivity index (χ1v) is 10.0. The molecule has 28 heavy (non-hydrogen) atoms. The molecule has 2 heterocycles. The van der Waals surface area contributed by atoms with Crippen LogP contribution in [-0.4, -0.2) is 29.0 Å². The Morgan fingerprint density at radius 1 is 1.25 bits per heavy atom. The van der Waals surface area contributed by atoms with Crippen LogP contribution >= 0.6 is 0 Å². The Labute approximate surface area is 166 Å². The molecule has 2 aromatic heterocycles. The van der Waals surface area contributed by atoms with Gasteiger partial charge in [0.15, 0.2) is 0 Å². The summed E-state index contributed by atoms with van der Waals surface area (Å²) in [5.74, 6) is 2.09. The van der Waals surface area contributed by atoms with Gasteiger partial charge in [-0.3, -0.25) is 4.79 Å². The molecular formula is C22H30N4O2. The molecule has 6 nitrogen and oxygen atoms in total. The summed E-state index contributed by atoms with van der Waals surface area (Å²) in [7, 11) is 1.67. The zero-order valence-electron chi connectivity index (χ0n) is 16.9. The molecule has 0 spiro atoms. The average Bonchev–Trinajstić information content (AvgIpc) is 2.73. The Hall–Kier alpha value is -2.63. The molecule has 6 heteroatoms. The largest absolute Gasteiger partial charge is 0.481 e. The van der Waals surface area contributed by atoms with Crippen molar-refractivity contribution in [3.63, 3.8) is 0 Å². The van der Waals surface area contributed by atoms with Gasteiger partial charge in [0.05, 0.1) is 12.7 Å². The van der Waals surface area contributed by atoms with E-state index in [-0.39, 0.29) is 11.9 Å². The van der Waals surface area contributed by atoms with Crippen LogP contribution in [0.15, 0.2) is 30.6 Å². The van der Waals surface area contributed by atoms with Crippen LogP contribution in [0.3, 0.4) is 0 Å². The van der Waals surface area contributed by atoms with Crippen LogP contribution in [0.2, 0.25) is 0 Å². The van der Waals surface area contributed by atoms with E-state index in [2.05, 4.69) is 35.2 Å². The molecule has 3 N–H and O–H groups in total. The first-order valence-electron chi connectivity index (χ1n) is 10.0. The van der Waals surface area contributed by atoms with Crippen LogP contribution in [-0.2, 0) is 0 Å². The monoisotopic (exact) mass is 382 g/mol. The van der Waals surface area contributed by atoms with Crippen molar-refractivity contribution in [3.8, 4) is 5.88 Å². The summed E-state index contributed by atoms with van der Waals surface area (Å²) in [6.07, 6.45) is 8.74. The van der Waals surface area contributed by atoms with Gasteiger partial charge in [-0.1, -0.05) is 6.92 Å². The minimum absolute atomic E-state index is 0.0730. The van der Waals surface area contributed by atoms with Crippen molar-refractivity contribution in [3.05, 3.63) is 47.3 Å². The number of anilines is 1. The van der Waals surface area contributed by atoms with Gasteiger partial charge < -0.3 is 15.8 Å². The number of rotatable bonds is 6. The maximum absolute atomic E-state index is 12.6. The molecule has 0 aliphatic heterocycles. The summed E-state index contributed by atoms with van der Waals surface area (Å²) in [4.78, 5) is 20.9. The maximum atomic E-state index is 12.6. The first kappa shape index (κ1) is 20.1. The Morgan fingerprint density at radius 3 is 2.61 bits per heavy atom. The number of carbonyl (C=O) groups excluding carboxylic acids is 1. The highest BCUT2D eigenvalue weighted by molar-refractivity contribution is 5.94. The fourth-order valence-corrected chi connectivity index (χ4v) is 4.36. The number of pyridine rings is 2. The first-order chi connectivity index (χ1) is 13.5. The molecule has 1 atom stereocenters. The second-order valence-electron chi connectivity index (χ2n) is 7.61.